The molecule has 0 radical (unpaired) electrons. The lowest BCUT2D eigenvalue weighted by Crippen LogP contribution is -2.63. The molecule has 2 aliphatic rings. The molecule has 3 heterocycles. The van der Waals surface area contributed by atoms with Crippen LogP contribution in [0.4, 0.5) is 8.78 Å². The number of amides is 1. The van der Waals surface area contributed by atoms with E-state index in [0.717, 1.165) is 5.69 Å². The van der Waals surface area contributed by atoms with Crippen LogP contribution in [0.25, 0.3) is 0 Å². The largest absolute Gasteiger partial charge is 0.335 e. The molecule has 1 atom stereocenters. The minimum atomic E-state index is -2.63. The Balaban J connectivity index is 1.60. The van der Waals surface area contributed by atoms with Crippen molar-refractivity contribution >= 4 is 5.91 Å². The second-order valence-electron chi connectivity index (χ2n) is 7.20. The minimum Gasteiger partial charge on any atom is -0.335 e. The maximum absolute atomic E-state index is 13.8. The monoisotopic (exact) mass is 338 g/mol. The van der Waals surface area contributed by atoms with Crippen LogP contribution in [0, 0.1) is 6.92 Å². The normalized spacial score (nSPS) is 24.4. The van der Waals surface area contributed by atoms with Gasteiger partial charge in [0, 0.05) is 50.0 Å². The second-order valence-corrected chi connectivity index (χ2v) is 7.20. The Morgan fingerprint density at radius 3 is 2.67 bits per heavy atom. The Bertz CT molecular complexity index is 599. The number of alkyl halides is 2. The quantitative estimate of drug-likeness (QED) is 0.834. The van der Waals surface area contributed by atoms with Gasteiger partial charge in [0.2, 0.25) is 0 Å². The smallest absolute Gasteiger partial charge is 0.262 e. The first-order chi connectivity index (χ1) is 11.2. The van der Waals surface area contributed by atoms with Crippen molar-refractivity contribution in [3.05, 3.63) is 29.6 Å². The Kier molecular flexibility index (Phi) is 4.57. The zero-order valence-electron chi connectivity index (χ0n) is 14.4. The van der Waals surface area contributed by atoms with Crippen LogP contribution in [0.5, 0.6) is 0 Å². The van der Waals surface area contributed by atoms with E-state index < -0.39 is 5.92 Å². The Morgan fingerprint density at radius 1 is 1.38 bits per heavy atom. The summed E-state index contributed by atoms with van der Waals surface area (Å²) in [5.74, 6) is -2.71. The topological polar surface area (TPSA) is 39.7 Å². The molecule has 5 nitrogen and oxygen atoms in total. The highest BCUT2D eigenvalue weighted by Gasteiger charge is 2.50. The van der Waals surface area contributed by atoms with Gasteiger partial charge in [-0.3, -0.25) is 14.7 Å². The zero-order valence-corrected chi connectivity index (χ0v) is 14.4. The van der Waals surface area contributed by atoms with Crippen LogP contribution >= 0.6 is 0 Å². The SMILES string of the molecule is Cc1ccc(C(=O)N2CC(N3CC(F)(F)CC3CN(C)C)C2)cn1. The number of nitrogens with zero attached hydrogens (tertiary/aromatic N) is 4. The molecule has 0 saturated carbocycles. The molecular formula is C17H24F2N4O. The van der Waals surface area contributed by atoms with E-state index in [0.29, 0.717) is 25.2 Å². The van der Waals surface area contributed by atoms with Gasteiger partial charge in [0.15, 0.2) is 0 Å². The summed E-state index contributed by atoms with van der Waals surface area (Å²) in [5.41, 5.74) is 1.41. The van der Waals surface area contributed by atoms with Crippen LogP contribution in [0.15, 0.2) is 18.3 Å². The third kappa shape index (κ3) is 3.57. The molecule has 2 aliphatic heterocycles. The lowest BCUT2D eigenvalue weighted by atomic mass is 10.0. The van der Waals surface area contributed by atoms with Crippen molar-refractivity contribution in [1.82, 2.24) is 19.7 Å². The molecular weight excluding hydrogens is 314 g/mol. The summed E-state index contributed by atoms with van der Waals surface area (Å²) in [4.78, 5) is 22.1. The number of carbonyl (C=O) groups is 1. The van der Waals surface area contributed by atoms with Gasteiger partial charge in [-0.1, -0.05) is 0 Å². The number of aromatic nitrogens is 1. The number of hydrogen-bond acceptors (Lipinski definition) is 4. The minimum absolute atomic E-state index is 0.0192. The number of carbonyl (C=O) groups excluding carboxylic acids is 1. The first-order valence-electron chi connectivity index (χ1n) is 8.25. The third-order valence-corrected chi connectivity index (χ3v) is 4.77. The molecule has 0 aliphatic carbocycles. The van der Waals surface area contributed by atoms with E-state index in [1.165, 1.54) is 0 Å². The predicted molar refractivity (Wildman–Crippen MR) is 87.3 cm³/mol. The maximum atomic E-state index is 13.8. The fraction of sp³-hybridized carbons (Fsp3) is 0.647. The maximum Gasteiger partial charge on any atom is 0.262 e. The van der Waals surface area contributed by atoms with Crippen molar-refractivity contribution in [1.29, 1.82) is 0 Å². The van der Waals surface area contributed by atoms with E-state index >= 15 is 0 Å². The average Bonchev–Trinajstić information content (AvgIpc) is 2.71. The summed E-state index contributed by atoms with van der Waals surface area (Å²) < 4.78 is 27.7. The van der Waals surface area contributed by atoms with Crippen molar-refractivity contribution in [3.8, 4) is 0 Å². The molecule has 3 rings (SSSR count). The molecule has 2 fully saturated rings. The number of likely N-dealkylation sites (N-methyl/N-ethyl adjacent to an activating group) is 1. The highest BCUT2D eigenvalue weighted by molar-refractivity contribution is 5.94. The van der Waals surface area contributed by atoms with Crippen LogP contribution in [0.1, 0.15) is 22.5 Å². The van der Waals surface area contributed by atoms with Crippen molar-refractivity contribution in [2.24, 2.45) is 0 Å². The average molecular weight is 338 g/mol. The summed E-state index contributed by atoms with van der Waals surface area (Å²) in [7, 11) is 3.80. The number of pyridine rings is 1. The molecule has 2 saturated heterocycles. The number of likely N-dealkylation sites (tertiary alicyclic amines) is 2. The zero-order chi connectivity index (χ0) is 17.5. The molecule has 24 heavy (non-hydrogen) atoms. The first kappa shape index (κ1) is 17.2. The molecule has 7 heteroatoms. The highest BCUT2D eigenvalue weighted by atomic mass is 19.3. The molecule has 132 valence electrons. The van der Waals surface area contributed by atoms with Gasteiger partial charge in [-0.2, -0.15) is 0 Å². The Morgan fingerprint density at radius 2 is 2.08 bits per heavy atom. The predicted octanol–water partition coefficient (Wildman–Crippen LogP) is 1.49. The fourth-order valence-electron chi connectivity index (χ4n) is 3.55. The van der Waals surface area contributed by atoms with Gasteiger partial charge >= 0.3 is 0 Å². The van der Waals surface area contributed by atoms with Crippen LogP contribution in [-0.4, -0.2) is 83.9 Å². The molecule has 1 aromatic rings. The lowest BCUT2D eigenvalue weighted by Gasteiger charge is -2.46. The highest BCUT2D eigenvalue weighted by Crippen LogP contribution is 2.35. The lowest BCUT2D eigenvalue weighted by molar-refractivity contribution is -0.0114. The van der Waals surface area contributed by atoms with E-state index in [1.54, 1.807) is 23.2 Å². The van der Waals surface area contributed by atoms with Crippen LogP contribution in [0.2, 0.25) is 0 Å². The van der Waals surface area contributed by atoms with Crippen molar-refractivity contribution < 1.29 is 13.6 Å². The van der Waals surface area contributed by atoms with Gasteiger partial charge in [-0.15, -0.1) is 0 Å². The van der Waals surface area contributed by atoms with Crippen LogP contribution in [0.3, 0.4) is 0 Å². The molecule has 0 spiro atoms. The van der Waals surface area contributed by atoms with Crippen LogP contribution < -0.4 is 0 Å². The van der Waals surface area contributed by atoms with E-state index in [9.17, 15) is 13.6 Å². The van der Waals surface area contributed by atoms with E-state index in [-0.39, 0.29) is 31.0 Å². The Hall–Kier alpha value is -1.60. The van der Waals surface area contributed by atoms with Gasteiger partial charge in [-0.25, -0.2) is 8.78 Å². The summed E-state index contributed by atoms with van der Waals surface area (Å²) in [5, 5.41) is 0. The standard InChI is InChI=1S/C17H24F2N4O/c1-12-4-5-13(7-20-12)16(24)22-9-15(10-22)23-11-17(18,19)6-14(23)8-21(2)3/h4-5,7,14-15H,6,8-11H2,1-3H3. The summed E-state index contributed by atoms with van der Waals surface area (Å²) in [6.45, 7) is 3.29. The van der Waals surface area contributed by atoms with E-state index in [2.05, 4.69) is 4.98 Å². The molecule has 0 bridgehead atoms. The van der Waals surface area contributed by atoms with Gasteiger partial charge in [0.25, 0.3) is 11.8 Å². The van der Waals surface area contributed by atoms with Gasteiger partial charge in [0.05, 0.1) is 12.1 Å². The number of rotatable bonds is 4. The molecule has 1 amide bonds. The first-order valence-corrected chi connectivity index (χ1v) is 8.25. The van der Waals surface area contributed by atoms with Gasteiger partial charge < -0.3 is 9.80 Å². The number of halogens is 2. The molecule has 1 unspecified atom stereocenters. The van der Waals surface area contributed by atoms with Gasteiger partial charge in [0.1, 0.15) is 0 Å². The van der Waals surface area contributed by atoms with Gasteiger partial charge in [-0.05, 0) is 33.2 Å². The second kappa shape index (κ2) is 6.37. The third-order valence-electron chi connectivity index (χ3n) is 4.77. The molecule has 1 aromatic heterocycles. The number of aryl methyl sites for hydroxylation is 1. The van der Waals surface area contributed by atoms with E-state index in [1.807, 2.05) is 30.8 Å². The Labute approximate surface area is 141 Å². The molecule has 0 aromatic carbocycles. The summed E-state index contributed by atoms with van der Waals surface area (Å²) >= 11 is 0. The van der Waals surface area contributed by atoms with Crippen molar-refractivity contribution in [2.45, 2.75) is 31.4 Å². The van der Waals surface area contributed by atoms with E-state index in [4.69, 9.17) is 0 Å². The van der Waals surface area contributed by atoms with Crippen LogP contribution in [-0.2, 0) is 0 Å². The summed E-state index contributed by atoms with van der Waals surface area (Å²) in [6.07, 6.45) is 1.47. The fourth-order valence-corrected chi connectivity index (χ4v) is 3.55. The summed E-state index contributed by atoms with van der Waals surface area (Å²) in [6, 6.07) is 3.43. The molecule has 0 N–H and O–H groups in total. The number of hydrogen-bond donors (Lipinski definition) is 0. The van der Waals surface area contributed by atoms with Crippen molar-refractivity contribution in [3.63, 3.8) is 0 Å². The van der Waals surface area contributed by atoms with Crippen molar-refractivity contribution in [2.75, 3.05) is 40.3 Å².